The number of pyridine rings is 1. The lowest BCUT2D eigenvalue weighted by atomic mass is 10.1. The molecule has 0 aliphatic carbocycles. The highest BCUT2D eigenvalue weighted by Gasteiger charge is 2.28. The van der Waals surface area contributed by atoms with Gasteiger partial charge in [0.1, 0.15) is 0 Å². The van der Waals surface area contributed by atoms with E-state index in [4.69, 9.17) is 4.74 Å². The summed E-state index contributed by atoms with van der Waals surface area (Å²) in [5.41, 5.74) is 2.17. The lowest BCUT2D eigenvalue weighted by Gasteiger charge is -2.25. The molecule has 120 valence electrons. The van der Waals surface area contributed by atoms with Gasteiger partial charge in [0, 0.05) is 19.3 Å². The Morgan fingerprint density at radius 1 is 1.17 bits per heavy atom. The van der Waals surface area contributed by atoms with Gasteiger partial charge in [-0.3, -0.25) is 9.78 Å². The van der Waals surface area contributed by atoms with Gasteiger partial charge >= 0.3 is 0 Å². The highest BCUT2D eigenvalue weighted by molar-refractivity contribution is 5.79. The highest BCUT2D eigenvalue weighted by Crippen LogP contribution is 2.17. The maximum atomic E-state index is 12.8. The monoisotopic (exact) mass is 310 g/mol. The molecule has 0 N–H and O–H groups in total. The number of rotatable bonds is 6. The van der Waals surface area contributed by atoms with Gasteiger partial charge in [0.2, 0.25) is 5.91 Å². The van der Waals surface area contributed by atoms with E-state index < -0.39 is 0 Å². The van der Waals surface area contributed by atoms with Crippen molar-refractivity contribution in [2.75, 3.05) is 19.8 Å². The zero-order valence-corrected chi connectivity index (χ0v) is 13.2. The zero-order valence-electron chi connectivity index (χ0n) is 13.2. The molecule has 1 aromatic heterocycles. The molecule has 1 aromatic carbocycles. The molecule has 2 aromatic rings. The van der Waals surface area contributed by atoms with Gasteiger partial charge in [0.15, 0.2) is 0 Å². The molecule has 4 heteroatoms. The van der Waals surface area contributed by atoms with Gasteiger partial charge in [-0.2, -0.15) is 0 Å². The summed E-state index contributed by atoms with van der Waals surface area (Å²) in [5, 5.41) is 0. The summed E-state index contributed by atoms with van der Waals surface area (Å²) in [6.45, 7) is 2.49. The first-order chi connectivity index (χ1) is 11.3. The predicted octanol–water partition coefficient (Wildman–Crippen LogP) is 2.69. The summed E-state index contributed by atoms with van der Waals surface area (Å²) < 4.78 is 5.38. The summed E-state index contributed by atoms with van der Waals surface area (Å²) >= 11 is 0. The van der Waals surface area contributed by atoms with Gasteiger partial charge in [0.05, 0.1) is 24.8 Å². The third-order valence-electron chi connectivity index (χ3n) is 4.18. The Labute approximate surface area is 137 Å². The number of carbonyl (C=O) groups excluding carboxylic acids is 1. The second kappa shape index (κ2) is 7.88. The maximum Gasteiger partial charge on any atom is 0.228 e. The average Bonchev–Trinajstić information content (AvgIpc) is 3.14. The Morgan fingerprint density at radius 3 is 2.70 bits per heavy atom. The lowest BCUT2D eigenvalue weighted by Crippen LogP contribution is -2.37. The maximum absolute atomic E-state index is 12.8. The van der Waals surface area contributed by atoms with E-state index in [0.29, 0.717) is 26.3 Å². The van der Waals surface area contributed by atoms with E-state index in [9.17, 15) is 4.79 Å². The fourth-order valence-electron chi connectivity index (χ4n) is 2.85. The van der Waals surface area contributed by atoms with Gasteiger partial charge < -0.3 is 9.64 Å². The molecular weight excluding hydrogens is 288 g/mol. The van der Waals surface area contributed by atoms with E-state index >= 15 is 0 Å². The molecule has 1 aliphatic heterocycles. The molecule has 0 unspecified atom stereocenters. The minimum atomic E-state index is -0.00511. The summed E-state index contributed by atoms with van der Waals surface area (Å²) in [6, 6.07) is 16.1. The Hall–Kier alpha value is -2.20. The predicted molar refractivity (Wildman–Crippen MR) is 88.7 cm³/mol. The Kier molecular flexibility index (Phi) is 5.37. The summed E-state index contributed by atoms with van der Waals surface area (Å²) in [4.78, 5) is 19.1. The molecule has 23 heavy (non-hydrogen) atoms. The number of amides is 1. The molecule has 1 saturated heterocycles. The molecule has 1 atom stereocenters. The number of hydrogen-bond donors (Lipinski definition) is 0. The van der Waals surface area contributed by atoms with Gasteiger partial charge in [-0.15, -0.1) is 0 Å². The molecule has 0 radical (unpaired) electrons. The van der Waals surface area contributed by atoms with Crippen molar-refractivity contribution in [3.63, 3.8) is 0 Å². The van der Waals surface area contributed by atoms with Crippen molar-refractivity contribution < 1.29 is 9.53 Å². The molecule has 1 aliphatic rings. The van der Waals surface area contributed by atoms with Crippen LogP contribution in [0.2, 0.25) is 0 Å². The van der Waals surface area contributed by atoms with Crippen LogP contribution in [-0.4, -0.2) is 35.5 Å². The van der Waals surface area contributed by atoms with E-state index in [-0.39, 0.29) is 11.8 Å². The van der Waals surface area contributed by atoms with Crippen LogP contribution in [0.4, 0.5) is 0 Å². The summed E-state index contributed by atoms with van der Waals surface area (Å²) in [6.07, 6.45) is 3.45. The molecule has 0 spiro atoms. The third kappa shape index (κ3) is 4.39. The number of hydrogen-bond acceptors (Lipinski definition) is 3. The number of benzene rings is 1. The second-order valence-corrected chi connectivity index (χ2v) is 5.88. The average molecular weight is 310 g/mol. The van der Waals surface area contributed by atoms with Crippen molar-refractivity contribution in [1.29, 1.82) is 0 Å². The van der Waals surface area contributed by atoms with E-state index in [1.807, 2.05) is 41.3 Å². The Morgan fingerprint density at radius 2 is 2.00 bits per heavy atom. The van der Waals surface area contributed by atoms with Crippen LogP contribution in [0.25, 0.3) is 0 Å². The molecule has 0 saturated carbocycles. The van der Waals surface area contributed by atoms with Gasteiger partial charge in [-0.1, -0.05) is 36.4 Å². The first-order valence-electron chi connectivity index (χ1n) is 8.13. The van der Waals surface area contributed by atoms with Gasteiger partial charge in [-0.05, 0) is 30.5 Å². The minimum absolute atomic E-state index is 0.00511. The van der Waals surface area contributed by atoms with Crippen LogP contribution in [0.1, 0.15) is 17.7 Å². The van der Waals surface area contributed by atoms with Crippen molar-refractivity contribution in [1.82, 2.24) is 9.88 Å². The number of aromatic nitrogens is 1. The van der Waals surface area contributed by atoms with Crippen LogP contribution >= 0.6 is 0 Å². The smallest absolute Gasteiger partial charge is 0.228 e. The van der Waals surface area contributed by atoms with Crippen LogP contribution in [0.15, 0.2) is 54.7 Å². The topological polar surface area (TPSA) is 42.4 Å². The molecule has 4 nitrogen and oxygen atoms in total. The van der Waals surface area contributed by atoms with Crippen LogP contribution in [0, 0.1) is 5.92 Å². The SMILES string of the molecule is O=C([C@@H]1CCOC1)N(CCc1ccccc1)Cc1ccccn1. The normalized spacial score (nSPS) is 17.1. The molecule has 1 amide bonds. The largest absolute Gasteiger partial charge is 0.381 e. The number of ether oxygens (including phenoxy) is 1. The van der Waals surface area contributed by atoms with E-state index in [1.54, 1.807) is 6.20 Å². The van der Waals surface area contributed by atoms with E-state index in [1.165, 1.54) is 5.56 Å². The van der Waals surface area contributed by atoms with Crippen molar-refractivity contribution in [3.05, 3.63) is 66.0 Å². The summed E-state index contributed by atoms with van der Waals surface area (Å²) in [5.74, 6) is 0.179. The highest BCUT2D eigenvalue weighted by atomic mass is 16.5. The van der Waals surface area contributed by atoms with Crippen molar-refractivity contribution in [2.45, 2.75) is 19.4 Å². The molecule has 1 fully saturated rings. The minimum Gasteiger partial charge on any atom is -0.381 e. The fraction of sp³-hybridized carbons (Fsp3) is 0.368. The van der Waals surface area contributed by atoms with Crippen LogP contribution < -0.4 is 0 Å². The van der Waals surface area contributed by atoms with Gasteiger partial charge in [-0.25, -0.2) is 0 Å². The Balaban J connectivity index is 1.68. The quantitative estimate of drug-likeness (QED) is 0.824. The van der Waals surface area contributed by atoms with E-state index in [2.05, 4.69) is 17.1 Å². The van der Waals surface area contributed by atoms with Crippen LogP contribution in [0.5, 0.6) is 0 Å². The zero-order chi connectivity index (χ0) is 15.9. The standard InChI is InChI=1S/C19H22N2O2/c22-19(17-10-13-23-15-17)21(14-18-8-4-5-11-20-18)12-9-16-6-2-1-3-7-16/h1-8,11,17H,9-10,12-15H2/t17-/m1/s1. The Bertz CT molecular complexity index is 610. The van der Waals surface area contributed by atoms with Crippen molar-refractivity contribution >= 4 is 5.91 Å². The number of carbonyl (C=O) groups is 1. The molecular formula is C19H22N2O2. The molecule has 3 rings (SSSR count). The van der Waals surface area contributed by atoms with Crippen LogP contribution in [-0.2, 0) is 22.5 Å². The molecule has 0 bridgehead atoms. The van der Waals surface area contributed by atoms with Gasteiger partial charge in [0.25, 0.3) is 0 Å². The lowest BCUT2D eigenvalue weighted by molar-refractivity contribution is -0.136. The summed E-state index contributed by atoms with van der Waals surface area (Å²) in [7, 11) is 0. The number of nitrogens with zero attached hydrogens (tertiary/aromatic N) is 2. The fourth-order valence-corrected chi connectivity index (χ4v) is 2.85. The first kappa shape index (κ1) is 15.7. The van der Waals surface area contributed by atoms with Crippen molar-refractivity contribution in [3.8, 4) is 0 Å². The van der Waals surface area contributed by atoms with E-state index in [0.717, 1.165) is 18.5 Å². The second-order valence-electron chi connectivity index (χ2n) is 5.88. The first-order valence-corrected chi connectivity index (χ1v) is 8.13. The van der Waals surface area contributed by atoms with Crippen LogP contribution in [0.3, 0.4) is 0 Å². The third-order valence-corrected chi connectivity index (χ3v) is 4.18. The van der Waals surface area contributed by atoms with Crippen molar-refractivity contribution in [2.24, 2.45) is 5.92 Å². The molecule has 2 heterocycles.